The van der Waals surface area contributed by atoms with Crippen LogP contribution >= 0.6 is 11.8 Å². The number of carbonyl (C=O) groups is 1. The quantitative estimate of drug-likeness (QED) is 0.710. The van der Waals surface area contributed by atoms with Crippen molar-refractivity contribution in [1.29, 1.82) is 0 Å². The molecule has 18 heavy (non-hydrogen) atoms. The standard InChI is InChI=1S/C9H9N5O3S/c1-14-8(17)12-13-9(14)18-6-4(10)2-3-5(11-6)7(15)16/h2-3H,10H2,1H3,(H,12,17)(H,15,16). The summed E-state index contributed by atoms with van der Waals surface area (Å²) in [5.41, 5.74) is 5.52. The first kappa shape index (κ1) is 12.2. The maximum atomic E-state index is 11.2. The molecule has 0 amide bonds. The molecule has 0 aliphatic heterocycles. The van der Waals surface area contributed by atoms with Crippen LogP contribution in [0.1, 0.15) is 10.5 Å². The van der Waals surface area contributed by atoms with Gasteiger partial charge in [-0.3, -0.25) is 4.57 Å². The van der Waals surface area contributed by atoms with Crippen molar-refractivity contribution in [2.45, 2.75) is 10.2 Å². The summed E-state index contributed by atoms with van der Waals surface area (Å²) >= 11 is 1.01. The predicted molar refractivity (Wildman–Crippen MR) is 63.6 cm³/mol. The second-order valence-electron chi connectivity index (χ2n) is 3.37. The summed E-state index contributed by atoms with van der Waals surface area (Å²) in [6, 6.07) is 2.76. The number of aromatic nitrogens is 4. The molecule has 0 saturated carbocycles. The van der Waals surface area contributed by atoms with Gasteiger partial charge in [-0.05, 0) is 23.9 Å². The normalized spacial score (nSPS) is 10.5. The molecular formula is C9H9N5O3S. The van der Waals surface area contributed by atoms with Crippen LogP contribution in [-0.2, 0) is 7.05 Å². The van der Waals surface area contributed by atoms with Crippen molar-refractivity contribution in [2.24, 2.45) is 7.05 Å². The van der Waals surface area contributed by atoms with Crippen molar-refractivity contribution < 1.29 is 9.90 Å². The van der Waals surface area contributed by atoms with Gasteiger partial charge in [-0.2, -0.15) is 0 Å². The molecule has 2 heterocycles. The molecule has 0 fully saturated rings. The Labute approximate surface area is 105 Å². The largest absolute Gasteiger partial charge is 0.477 e. The summed E-state index contributed by atoms with van der Waals surface area (Å²) < 4.78 is 1.28. The Morgan fingerprint density at radius 3 is 2.83 bits per heavy atom. The van der Waals surface area contributed by atoms with Crippen LogP contribution < -0.4 is 11.4 Å². The molecule has 0 saturated heterocycles. The van der Waals surface area contributed by atoms with Gasteiger partial charge in [0.1, 0.15) is 10.7 Å². The molecule has 0 radical (unpaired) electrons. The number of anilines is 1. The monoisotopic (exact) mass is 267 g/mol. The third kappa shape index (κ3) is 2.20. The number of rotatable bonds is 3. The minimum Gasteiger partial charge on any atom is -0.477 e. The van der Waals surface area contributed by atoms with Gasteiger partial charge in [-0.1, -0.05) is 0 Å². The van der Waals surface area contributed by atoms with Crippen molar-refractivity contribution in [3.05, 3.63) is 28.3 Å². The van der Waals surface area contributed by atoms with Crippen molar-refractivity contribution in [3.8, 4) is 0 Å². The molecule has 94 valence electrons. The van der Waals surface area contributed by atoms with Gasteiger partial charge in [-0.25, -0.2) is 19.7 Å². The first-order chi connectivity index (χ1) is 8.49. The topological polar surface area (TPSA) is 127 Å². The highest BCUT2D eigenvalue weighted by Crippen LogP contribution is 2.27. The van der Waals surface area contributed by atoms with Gasteiger partial charge in [0.05, 0.1) is 5.69 Å². The third-order valence-electron chi connectivity index (χ3n) is 2.14. The summed E-state index contributed by atoms with van der Waals surface area (Å²) in [4.78, 5) is 25.9. The maximum Gasteiger partial charge on any atom is 0.354 e. The minimum atomic E-state index is -1.15. The average Bonchev–Trinajstić information content (AvgIpc) is 2.63. The maximum absolute atomic E-state index is 11.2. The van der Waals surface area contributed by atoms with Crippen LogP contribution in [0.25, 0.3) is 0 Å². The SMILES string of the molecule is Cn1c(Sc2nc(C(=O)O)ccc2N)n[nH]c1=O. The zero-order valence-electron chi connectivity index (χ0n) is 9.25. The Kier molecular flexibility index (Phi) is 3.06. The molecule has 2 aromatic heterocycles. The van der Waals surface area contributed by atoms with Crippen LogP contribution in [0, 0.1) is 0 Å². The van der Waals surface area contributed by atoms with Crippen LogP contribution in [0.4, 0.5) is 5.69 Å². The lowest BCUT2D eigenvalue weighted by Gasteiger charge is -2.04. The number of aromatic amines is 1. The Bertz CT molecular complexity index is 662. The van der Waals surface area contributed by atoms with Crippen molar-refractivity contribution >= 4 is 23.4 Å². The number of aromatic carboxylic acids is 1. The van der Waals surface area contributed by atoms with E-state index >= 15 is 0 Å². The molecule has 0 aromatic carbocycles. The van der Waals surface area contributed by atoms with Gasteiger partial charge in [0, 0.05) is 7.05 Å². The molecular weight excluding hydrogens is 258 g/mol. The van der Waals surface area contributed by atoms with E-state index in [-0.39, 0.29) is 16.4 Å². The predicted octanol–water partition coefficient (Wildman–Crippen LogP) is -0.0650. The molecule has 0 unspecified atom stereocenters. The Hall–Kier alpha value is -2.29. The number of carboxylic acids is 1. The number of carboxylic acid groups (broad SMARTS) is 1. The molecule has 0 spiro atoms. The van der Waals surface area contributed by atoms with Crippen LogP contribution in [0.15, 0.2) is 27.1 Å². The number of hydrogen-bond acceptors (Lipinski definition) is 6. The number of pyridine rings is 1. The second kappa shape index (κ2) is 4.53. The molecule has 2 rings (SSSR count). The first-order valence-electron chi connectivity index (χ1n) is 4.78. The van der Waals surface area contributed by atoms with E-state index in [2.05, 4.69) is 15.2 Å². The Morgan fingerprint density at radius 2 is 2.28 bits per heavy atom. The highest BCUT2D eigenvalue weighted by Gasteiger charge is 2.13. The number of nitrogens with zero attached hydrogens (tertiary/aromatic N) is 3. The van der Waals surface area contributed by atoms with Gasteiger partial charge in [-0.15, -0.1) is 5.10 Å². The molecule has 0 aliphatic carbocycles. The summed E-state index contributed by atoms with van der Waals surface area (Å²) in [5.74, 6) is -1.15. The van der Waals surface area contributed by atoms with Crippen LogP contribution in [0.5, 0.6) is 0 Å². The van der Waals surface area contributed by atoms with Gasteiger partial charge >= 0.3 is 11.7 Å². The van der Waals surface area contributed by atoms with E-state index in [1.807, 2.05) is 0 Å². The average molecular weight is 267 g/mol. The van der Waals surface area contributed by atoms with E-state index in [1.54, 1.807) is 0 Å². The van der Waals surface area contributed by atoms with Crippen molar-refractivity contribution in [3.63, 3.8) is 0 Å². The number of hydrogen-bond donors (Lipinski definition) is 3. The van der Waals surface area contributed by atoms with E-state index in [1.165, 1.54) is 23.7 Å². The minimum absolute atomic E-state index is 0.118. The molecule has 9 heteroatoms. The van der Waals surface area contributed by atoms with E-state index in [4.69, 9.17) is 10.8 Å². The zero-order chi connectivity index (χ0) is 13.3. The number of nitrogens with one attached hydrogen (secondary N) is 1. The summed E-state index contributed by atoms with van der Waals surface area (Å²) in [6.45, 7) is 0. The summed E-state index contributed by atoms with van der Waals surface area (Å²) in [6.07, 6.45) is 0. The fourth-order valence-electron chi connectivity index (χ4n) is 1.16. The molecule has 0 aliphatic rings. The van der Waals surface area contributed by atoms with E-state index in [9.17, 15) is 9.59 Å². The number of nitrogens with two attached hydrogens (primary N) is 1. The van der Waals surface area contributed by atoms with Crippen LogP contribution in [0.2, 0.25) is 0 Å². The highest BCUT2D eigenvalue weighted by atomic mass is 32.2. The van der Waals surface area contributed by atoms with E-state index in [0.717, 1.165) is 11.8 Å². The fourth-order valence-corrected chi connectivity index (χ4v) is 1.98. The molecule has 0 atom stereocenters. The van der Waals surface area contributed by atoms with Crippen molar-refractivity contribution in [2.75, 3.05) is 5.73 Å². The van der Waals surface area contributed by atoms with Gasteiger partial charge in [0.2, 0.25) is 0 Å². The first-order valence-corrected chi connectivity index (χ1v) is 5.59. The van der Waals surface area contributed by atoms with E-state index in [0.29, 0.717) is 10.8 Å². The van der Waals surface area contributed by atoms with Gasteiger partial charge in [0.15, 0.2) is 5.16 Å². The lowest BCUT2D eigenvalue weighted by Crippen LogP contribution is -2.13. The lowest BCUT2D eigenvalue weighted by molar-refractivity contribution is 0.0690. The Morgan fingerprint density at radius 1 is 1.56 bits per heavy atom. The Balaban J connectivity index is 2.39. The van der Waals surface area contributed by atoms with E-state index < -0.39 is 5.97 Å². The van der Waals surface area contributed by atoms with Crippen LogP contribution in [0.3, 0.4) is 0 Å². The third-order valence-corrected chi connectivity index (χ3v) is 3.20. The van der Waals surface area contributed by atoms with Crippen LogP contribution in [-0.4, -0.2) is 30.8 Å². The number of H-pyrrole nitrogens is 1. The fraction of sp³-hybridized carbons (Fsp3) is 0.111. The molecule has 4 N–H and O–H groups in total. The molecule has 0 bridgehead atoms. The second-order valence-corrected chi connectivity index (χ2v) is 4.32. The smallest absolute Gasteiger partial charge is 0.354 e. The molecule has 2 aromatic rings. The van der Waals surface area contributed by atoms with Gasteiger partial charge in [0.25, 0.3) is 0 Å². The summed E-state index contributed by atoms with van der Waals surface area (Å²) in [5, 5.41) is 15.5. The zero-order valence-corrected chi connectivity index (χ0v) is 10.1. The number of nitrogen functional groups attached to an aromatic ring is 1. The van der Waals surface area contributed by atoms with Crippen molar-refractivity contribution in [1.82, 2.24) is 19.7 Å². The summed E-state index contributed by atoms with van der Waals surface area (Å²) in [7, 11) is 1.53. The highest BCUT2D eigenvalue weighted by molar-refractivity contribution is 7.99. The molecule has 8 nitrogen and oxygen atoms in total. The lowest BCUT2D eigenvalue weighted by atomic mass is 10.3. The van der Waals surface area contributed by atoms with Gasteiger partial charge < -0.3 is 10.8 Å².